The second-order valence-corrected chi connectivity index (χ2v) is 6.58. The zero-order valence-electron chi connectivity index (χ0n) is 11.6. The molecule has 2 aromatic heterocycles. The van der Waals surface area contributed by atoms with E-state index in [1.165, 1.54) is 16.1 Å². The van der Waals surface area contributed by atoms with Gasteiger partial charge < -0.3 is 9.73 Å². The number of benzene rings is 1. The zero-order chi connectivity index (χ0) is 14.7. The molecule has 21 heavy (non-hydrogen) atoms. The van der Waals surface area contributed by atoms with Crippen LogP contribution in [0.1, 0.15) is 15.3 Å². The summed E-state index contributed by atoms with van der Waals surface area (Å²) in [4.78, 5) is 6.59. The van der Waals surface area contributed by atoms with E-state index >= 15 is 0 Å². The van der Waals surface area contributed by atoms with Gasteiger partial charge in [-0.25, -0.2) is 4.98 Å². The quantitative estimate of drug-likeness (QED) is 0.744. The van der Waals surface area contributed by atoms with Crippen molar-refractivity contribution in [2.45, 2.75) is 20.0 Å². The van der Waals surface area contributed by atoms with Crippen LogP contribution in [0.3, 0.4) is 0 Å². The van der Waals surface area contributed by atoms with E-state index < -0.39 is 0 Å². The van der Waals surface area contributed by atoms with Crippen molar-refractivity contribution in [3.63, 3.8) is 0 Å². The minimum absolute atomic E-state index is 0.679. The lowest BCUT2D eigenvalue weighted by Gasteiger charge is -2.06. The average Bonchev–Trinajstić information content (AvgIpc) is 3.11. The van der Waals surface area contributed by atoms with E-state index in [4.69, 9.17) is 16.0 Å². The predicted molar refractivity (Wildman–Crippen MR) is 86.5 cm³/mol. The number of oxazole rings is 1. The summed E-state index contributed by atoms with van der Waals surface area (Å²) in [5, 5.41) is 4.11. The van der Waals surface area contributed by atoms with Crippen LogP contribution >= 0.6 is 22.9 Å². The first-order valence-corrected chi connectivity index (χ1v) is 7.85. The fourth-order valence-corrected chi connectivity index (χ4v) is 3.28. The highest BCUT2D eigenvalue weighted by atomic mass is 35.5. The summed E-state index contributed by atoms with van der Waals surface area (Å²) >= 11 is 8.13. The Labute approximate surface area is 132 Å². The molecule has 3 nitrogen and oxygen atoms in total. The number of aryl methyl sites for hydroxylation is 1. The minimum atomic E-state index is 0.679. The fourth-order valence-electron chi connectivity index (χ4n) is 2.13. The van der Waals surface area contributed by atoms with E-state index in [2.05, 4.69) is 35.4 Å². The van der Waals surface area contributed by atoms with Crippen LogP contribution in [-0.2, 0) is 13.1 Å². The van der Waals surface area contributed by atoms with Crippen LogP contribution in [0.15, 0.2) is 47.3 Å². The standard InChI is InChI=1S/C16H15ClN2OS/c1-11-2-4-13(21-11)8-18-7-12-3-5-14(15(17)6-12)16-9-19-10-20-16/h2-6,9-10,18H,7-8H2,1H3. The second-order valence-electron chi connectivity index (χ2n) is 4.80. The van der Waals surface area contributed by atoms with Crippen molar-refractivity contribution in [2.75, 3.05) is 0 Å². The number of rotatable bonds is 5. The SMILES string of the molecule is Cc1ccc(CNCc2ccc(-c3cnco3)c(Cl)c2)s1. The van der Waals surface area contributed by atoms with Crippen molar-refractivity contribution in [1.29, 1.82) is 0 Å². The van der Waals surface area contributed by atoms with E-state index in [-0.39, 0.29) is 0 Å². The molecule has 1 aromatic carbocycles. The maximum Gasteiger partial charge on any atom is 0.181 e. The van der Waals surface area contributed by atoms with Crippen molar-refractivity contribution in [2.24, 2.45) is 0 Å². The minimum Gasteiger partial charge on any atom is -0.443 e. The third kappa shape index (κ3) is 3.53. The molecule has 3 aromatic rings. The van der Waals surface area contributed by atoms with Crippen LogP contribution in [0.5, 0.6) is 0 Å². The first-order valence-electron chi connectivity index (χ1n) is 6.66. The molecule has 0 bridgehead atoms. The lowest BCUT2D eigenvalue weighted by molar-refractivity contribution is 0.572. The molecule has 0 fully saturated rings. The van der Waals surface area contributed by atoms with Gasteiger partial charge in [0.05, 0.1) is 11.2 Å². The zero-order valence-corrected chi connectivity index (χ0v) is 13.2. The first-order chi connectivity index (χ1) is 10.2. The van der Waals surface area contributed by atoms with Gasteiger partial charge in [-0.15, -0.1) is 11.3 Å². The molecule has 0 radical (unpaired) electrons. The van der Waals surface area contributed by atoms with Gasteiger partial charge in [0.2, 0.25) is 0 Å². The molecule has 0 amide bonds. The number of aromatic nitrogens is 1. The first kappa shape index (κ1) is 14.3. The molecule has 2 heterocycles. The highest BCUT2D eigenvalue weighted by molar-refractivity contribution is 7.11. The molecule has 0 saturated heterocycles. The maximum atomic E-state index is 6.31. The summed E-state index contributed by atoms with van der Waals surface area (Å²) in [6.45, 7) is 3.78. The fraction of sp³-hybridized carbons (Fsp3) is 0.188. The number of nitrogens with zero attached hydrogens (tertiary/aromatic N) is 1. The van der Waals surface area contributed by atoms with Gasteiger partial charge in [0.25, 0.3) is 0 Å². The average molecular weight is 319 g/mol. The van der Waals surface area contributed by atoms with Crippen LogP contribution in [0.2, 0.25) is 5.02 Å². The Morgan fingerprint density at radius 3 is 2.81 bits per heavy atom. The molecular formula is C16H15ClN2OS. The van der Waals surface area contributed by atoms with Gasteiger partial charge in [0, 0.05) is 28.4 Å². The van der Waals surface area contributed by atoms with Crippen molar-refractivity contribution in [1.82, 2.24) is 10.3 Å². The number of hydrogen-bond donors (Lipinski definition) is 1. The van der Waals surface area contributed by atoms with Crippen LogP contribution in [0, 0.1) is 6.92 Å². The molecule has 0 saturated carbocycles. The molecule has 5 heteroatoms. The van der Waals surface area contributed by atoms with Crippen molar-refractivity contribution >= 4 is 22.9 Å². The molecule has 108 valence electrons. The van der Waals surface area contributed by atoms with Gasteiger partial charge >= 0.3 is 0 Å². The van der Waals surface area contributed by atoms with E-state index in [0.717, 1.165) is 24.2 Å². The third-order valence-corrected chi connectivity index (χ3v) is 4.47. The topological polar surface area (TPSA) is 38.1 Å². The second kappa shape index (κ2) is 6.43. The molecule has 0 unspecified atom stereocenters. The number of halogens is 1. The number of thiophene rings is 1. The molecule has 0 aliphatic rings. The molecule has 0 spiro atoms. The Bertz CT molecular complexity index is 722. The Morgan fingerprint density at radius 2 is 2.14 bits per heavy atom. The molecule has 1 N–H and O–H groups in total. The molecular weight excluding hydrogens is 304 g/mol. The number of hydrogen-bond acceptors (Lipinski definition) is 4. The van der Waals surface area contributed by atoms with Gasteiger partial charge in [-0.2, -0.15) is 0 Å². The smallest absolute Gasteiger partial charge is 0.181 e. The Hall–Kier alpha value is -1.62. The molecule has 0 aliphatic carbocycles. The largest absolute Gasteiger partial charge is 0.443 e. The normalized spacial score (nSPS) is 11.0. The third-order valence-electron chi connectivity index (χ3n) is 3.16. The van der Waals surface area contributed by atoms with Crippen molar-refractivity contribution in [3.8, 4) is 11.3 Å². The van der Waals surface area contributed by atoms with Gasteiger partial charge in [-0.1, -0.05) is 17.7 Å². The lowest BCUT2D eigenvalue weighted by Crippen LogP contribution is -2.11. The summed E-state index contributed by atoms with van der Waals surface area (Å²) in [7, 11) is 0. The van der Waals surface area contributed by atoms with E-state index in [9.17, 15) is 0 Å². The van der Waals surface area contributed by atoms with Crippen LogP contribution in [0.25, 0.3) is 11.3 Å². The number of nitrogens with one attached hydrogen (secondary N) is 1. The van der Waals surface area contributed by atoms with E-state index in [1.807, 2.05) is 23.5 Å². The Kier molecular flexibility index (Phi) is 4.39. The van der Waals surface area contributed by atoms with Crippen molar-refractivity contribution < 1.29 is 4.42 Å². The van der Waals surface area contributed by atoms with E-state index in [0.29, 0.717) is 10.8 Å². The van der Waals surface area contributed by atoms with Crippen LogP contribution in [-0.4, -0.2) is 4.98 Å². The highest BCUT2D eigenvalue weighted by Crippen LogP contribution is 2.28. The monoisotopic (exact) mass is 318 g/mol. The van der Waals surface area contributed by atoms with Gasteiger partial charge in [-0.3, -0.25) is 0 Å². The van der Waals surface area contributed by atoms with Crippen molar-refractivity contribution in [3.05, 3.63) is 63.3 Å². The molecule has 0 atom stereocenters. The van der Waals surface area contributed by atoms with E-state index in [1.54, 1.807) is 6.20 Å². The van der Waals surface area contributed by atoms with Gasteiger partial charge in [0.1, 0.15) is 0 Å². The van der Waals surface area contributed by atoms with Gasteiger partial charge in [0.15, 0.2) is 12.2 Å². The predicted octanol–water partition coefficient (Wildman–Crippen LogP) is 4.65. The van der Waals surface area contributed by atoms with Crippen LogP contribution < -0.4 is 5.32 Å². The molecule has 3 rings (SSSR count). The summed E-state index contributed by atoms with van der Waals surface area (Å²) in [5.41, 5.74) is 2.02. The Balaban J connectivity index is 1.63. The highest BCUT2D eigenvalue weighted by Gasteiger charge is 2.07. The van der Waals surface area contributed by atoms with Crippen LogP contribution in [0.4, 0.5) is 0 Å². The van der Waals surface area contributed by atoms with Gasteiger partial charge in [-0.05, 0) is 36.8 Å². The maximum absolute atomic E-state index is 6.31. The lowest BCUT2D eigenvalue weighted by atomic mass is 10.1. The molecule has 0 aliphatic heterocycles. The summed E-state index contributed by atoms with van der Waals surface area (Å²) in [6.07, 6.45) is 3.07. The summed E-state index contributed by atoms with van der Waals surface area (Å²) in [5.74, 6) is 0.688. The Morgan fingerprint density at radius 1 is 1.24 bits per heavy atom. The summed E-state index contributed by atoms with van der Waals surface area (Å²) in [6, 6.07) is 10.3. The summed E-state index contributed by atoms with van der Waals surface area (Å²) < 4.78 is 5.27.